The van der Waals surface area contributed by atoms with E-state index in [0.717, 1.165) is 0 Å². The summed E-state index contributed by atoms with van der Waals surface area (Å²) in [4.78, 5) is 0. The molecule has 2 unspecified atom stereocenters. The zero-order chi connectivity index (χ0) is 12.1. The van der Waals surface area contributed by atoms with Crippen molar-refractivity contribution in [3.63, 3.8) is 0 Å². The van der Waals surface area contributed by atoms with Crippen LogP contribution in [0.25, 0.3) is 0 Å². The van der Waals surface area contributed by atoms with Crippen molar-refractivity contribution in [2.45, 2.75) is 18.6 Å². The molecule has 5 heteroatoms. The lowest BCUT2D eigenvalue weighted by molar-refractivity contribution is 0.0173. The largest absolute Gasteiger partial charge is 0.398 e. The number of anilines is 1. The Kier molecular flexibility index (Phi) is 4.62. The van der Waals surface area contributed by atoms with Crippen molar-refractivity contribution >= 4 is 18.3 Å². The molecule has 0 radical (unpaired) electrons. The number of nitrogen functional groups attached to an aromatic ring is 1. The van der Waals surface area contributed by atoms with Gasteiger partial charge in [0.15, 0.2) is 0 Å². The predicted molar refractivity (Wildman–Crippen MR) is 65.0 cm³/mol. The van der Waals surface area contributed by atoms with Crippen molar-refractivity contribution in [2.75, 3.05) is 11.5 Å². The van der Waals surface area contributed by atoms with E-state index in [1.54, 1.807) is 6.07 Å². The zero-order valence-corrected chi connectivity index (χ0v) is 9.56. The van der Waals surface area contributed by atoms with Gasteiger partial charge in [0.25, 0.3) is 0 Å². The summed E-state index contributed by atoms with van der Waals surface area (Å²) in [6.45, 7) is 0. The lowest BCUT2D eigenvalue weighted by Gasteiger charge is -2.17. The number of nitrogens with two attached hydrogens (primary N) is 1. The Hall–Kier alpha value is -1.22. The molecular weight excluding hydrogens is 224 g/mol. The maximum absolute atomic E-state index is 9.79. The van der Waals surface area contributed by atoms with Crippen LogP contribution < -0.4 is 5.73 Å². The highest BCUT2D eigenvalue weighted by molar-refractivity contribution is 7.80. The summed E-state index contributed by atoms with van der Waals surface area (Å²) in [6.07, 6.45) is -1.48. The van der Waals surface area contributed by atoms with Crippen LogP contribution >= 0.6 is 12.6 Å². The number of aliphatic hydroxyl groups excluding tert-OH is 2. The molecule has 0 aliphatic carbocycles. The molecule has 86 valence electrons. The molecule has 1 aromatic carbocycles. The summed E-state index contributed by atoms with van der Waals surface area (Å²) < 4.78 is 0. The summed E-state index contributed by atoms with van der Waals surface area (Å²) >= 11 is 3.98. The smallest absolute Gasteiger partial charge is 0.105 e. The van der Waals surface area contributed by atoms with Gasteiger partial charge in [-0.3, -0.25) is 0 Å². The van der Waals surface area contributed by atoms with Gasteiger partial charge in [-0.05, 0) is 29.9 Å². The second kappa shape index (κ2) is 5.75. The van der Waals surface area contributed by atoms with Crippen molar-refractivity contribution in [3.8, 4) is 6.07 Å². The van der Waals surface area contributed by atoms with E-state index in [0.29, 0.717) is 29.0 Å². The third kappa shape index (κ3) is 2.89. The van der Waals surface area contributed by atoms with Crippen LogP contribution in [0.15, 0.2) is 18.2 Å². The standard InChI is InChI=1S/C11H14N2O2S/c12-6-8-2-1-7(5-9(8)13)11(15)10(14)3-4-16/h1-2,5,10-11,14-16H,3-4,13H2. The van der Waals surface area contributed by atoms with Gasteiger partial charge >= 0.3 is 0 Å². The molecule has 0 bridgehead atoms. The summed E-state index contributed by atoms with van der Waals surface area (Å²) in [5.41, 5.74) is 6.78. The van der Waals surface area contributed by atoms with Gasteiger partial charge in [0.05, 0.1) is 11.7 Å². The average molecular weight is 238 g/mol. The summed E-state index contributed by atoms with van der Waals surface area (Å²) in [5, 5.41) is 28.1. The van der Waals surface area contributed by atoms with Crippen molar-refractivity contribution in [1.82, 2.24) is 0 Å². The molecule has 0 saturated heterocycles. The van der Waals surface area contributed by atoms with Gasteiger partial charge in [-0.15, -0.1) is 0 Å². The van der Waals surface area contributed by atoms with Crippen LogP contribution in [0.2, 0.25) is 0 Å². The van der Waals surface area contributed by atoms with Crippen molar-refractivity contribution < 1.29 is 10.2 Å². The number of hydrogen-bond donors (Lipinski definition) is 4. The molecule has 0 spiro atoms. The minimum Gasteiger partial charge on any atom is -0.398 e. The van der Waals surface area contributed by atoms with Crippen LogP contribution in [-0.4, -0.2) is 22.1 Å². The topological polar surface area (TPSA) is 90.3 Å². The molecule has 0 heterocycles. The van der Waals surface area contributed by atoms with Gasteiger partial charge in [0, 0.05) is 5.69 Å². The maximum atomic E-state index is 9.79. The van der Waals surface area contributed by atoms with E-state index < -0.39 is 12.2 Å². The fourth-order valence-corrected chi connectivity index (χ4v) is 1.64. The molecule has 1 aromatic rings. The SMILES string of the molecule is N#Cc1ccc(C(O)C(O)CCS)cc1N. The summed E-state index contributed by atoms with van der Waals surface area (Å²) in [6, 6.07) is 6.55. The Morgan fingerprint density at radius 2 is 2.12 bits per heavy atom. The monoisotopic (exact) mass is 238 g/mol. The highest BCUT2D eigenvalue weighted by Crippen LogP contribution is 2.23. The Balaban J connectivity index is 2.89. The lowest BCUT2D eigenvalue weighted by atomic mass is 10.0. The van der Waals surface area contributed by atoms with E-state index in [4.69, 9.17) is 11.0 Å². The molecule has 0 saturated carbocycles. The normalized spacial score (nSPS) is 14.1. The molecule has 4 nitrogen and oxygen atoms in total. The van der Waals surface area contributed by atoms with Crippen LogP contribution in [-0.2, 0) is 0 Å². The van der Waals surface area contributed by atoms with Crippen molar-refractivity contribution in [1.29, 1.82) is 5.26 Å². The van der Waals surface area contributed by atoms with Gasteiger partial charge < -0.3 is 15.9 Å². The van der Waals surface area contributed by atoms with E-state index >= 15 is 0 Å². The van der Waals surface area contributed by atoms with Crippen LogP contribution in [0.4, 0.5) is 5.69 Å². The van der Waals surface area contributed by atoms with Crippen LogP contribution in [0.1, 0.15) is 23.7 Å². The average Bonchev–Trinajstić information content (AvgIpc) is 2.28. The molecule has 2 atom stereocenters. The minimum atomic E-state index is -0.998. The first-order chi connectivity index (χ1) is 7.60. The molecule has 0 amide bonds. The van der Waals surface area contributed by atoms with Gasteiger partial charge in [-0.1, -0.05) is 6.07 Å². The van der Waals surface area contributed by atoms with Gasteiger partial charge in [-0.2, -0.15) is 17.9 Å². The number of benzene rings is 1. The Morgan fingerprint density at radius 1 is 1.44 bits per heavy atom. The fourth-order valence-electron chi connectivity index (χ4n) is 1.38. The molecular formula is C11H14N2O2S. The minimum absolute atomic E-state index is 0.303. The quantitative estimate of drug-likeness (QED) is 0.462. The van der Waals surface area contributed by atoms with Crippen LogP contribution in [0.5, 0.6) is 0 Å². The third-order valence-corrected chi connectivity index (χ3v) is 2.59. The number of nitriles is 1. The Bertz CT molecular complexity index is 403. The number of nitrogens with zero attached hydrogens (tertiary/aromatic N) is 1. The first-order valence-electron chi connectivity index (χ1n) is 4.86. The molecule has 0 fully saturated rings. The van der Waals surface area contributed by atoms with Gasteiger partial charge in [-0.25, -0.2) is 0 Å². The number of hydrogen-bond acceptors (Lipinski definition) is 5. The third-order valence-electron chi connectivity index (χ3n) is 2.33. The number of aliphatic hydroxyl groups is 2. The highest BCUT2D eigenvalue weighted by Gasteiger charge is 2.18. The number of thiol groups is 1. The highest BCUT2D eigenvalue weighted by atomic mass is 32.1. The van der Waals surface area contributed by atoms with Crippen molar-refractivity contribution in [2.24, 2.45) is 0 Å². The summed E-state index contributed by atoms with van der Waals surface area (Å²) in [5.74, 6) is 0.490. The van der Waals surface area contributed by atoms with Crippen molar-refractivity contribution in [3.05, 3.63) is 29.3 Å². The predicted octanol–water partition coefficient (Wildman–Crippen LogP) is 0.855. The fraction of sp³-hybridized carbons (Fsp3) is 0.364. The first kappa shape index (κ1) is 12.8. The molecule has 0 aliphatic rings. The zero-order valence-electron chi connectivity index (χ0n) is 8.67. The Labute approximate surface area is 99.7 Å². The molecule has 1 rings (SSSR count). The molecule has 4 N–H and O–H groups in total. The first-order valence-corrected chi connectivity index (χ1v) is 5.50. The second-order valence-corrected chi connectivity index (χ2v) is 3.93. The van der Waals surface area contributed by atoms with E-state index in [1.165, 1.54) is 12.1 Å². The van der Waals surface area contributed by atoms with Gasteiger partial charge in [0.2, 0.25) is 0 Å². The molecule has 0 aliphatic heterocycles. The maximum Gasteiger partial charge on any atom is 0.105 e. The van der Waals surface area contributed by atoms with E-state index in [2.05, 4.69) is 12.6 Å². The Morgan fingerprint density at radius 3 is 2.62 bits per heavy atom. The van der Waals surface area contributed by atoms with Crippen LogP contribution in [0.3, 0.4) is 0 Å². The van der Waals surface area contributed by atoms with E-state index in [1.807, 2.05) is 6.07 Å². The summed E-state index contributed by atoms with van der Waals surface area (Å²) in [7, 11) is 0. The lowest BCUT2D eigenvalue weighted by Crippen LogP contribution is -2.18. The second-order valence-electron chi connectivity index (χ2n) is 3.48. The van der Waals surface area contributed by atoms with E-state index in [-0.39, 0.29) is 0 Å². The number of rotatable bonds is 4. The van der Waals surface area contributed by atoms with E-state index in [9.17, 15) is 10.2 Å². The van der Waals surface area contributed by atoms with Crippen LogP contribution in [0, 0.1) is 11.3 Å². The molecule has 16 heavy (non-hydrogen) atoms. The van der Waals surface area contributed by atoms with Gasteiger partial charge in [0.1, 0.15) is 12.2 Å². The molecule has 0 aromatic heterocycles.